The van der Waals surface area contributed by atoms with E-state index in [2.05, 4.69) is 28.0 Å². The zero-order valence-electron chi connectivity index (χ0n) is 9.84. The number of hydrogen-bond acceptors (Lipinski definition) is 1. The molecule has 1 heterocycles. The van der Waals surface area contributed by atoms with E-state index in [-0.39, 0.29) is 0 Å². The molecule has 0 amide bonds. The first-order chi connectivity index (χ1) is 7.58. The Morgan fingerprint density at radius 1 is 1.50 bits per heavy atom. The van der Waals surface area contributed by atoms with Crippen molar-refractivity contribution in [1.82, 2.24) is 9.78 Å². The van der Waals surface area contributed by atoms with Gasteiger partial charge >= 0.3 is 0 Å². The maximum absolute atomic E-state index is 6.26. The fourth-order valence-corrected chi connectivity index (χ4v) is 3.71. The van der Waals surface area contributed by atoms with Gasteiger partial charge in [0.05, 0.1) is 5.69 Å². The Morgan fingerprint density at radius 2 is 2.25 bits per heavy atom. The Labute approximate surface area is 110 Å². The number of nitrogens with zero attached hydrogens (tertiary/aromatic N) is 2. The minimum Gasteiger partial charge on any atom is -0.257 e. The molecule has 0 spiro atoms. The molecule has 0 aromatic carbocycles. The molecule has 0 N–H and O–H groups in total. The van der Waals surface area contributed by atoms with Gasteiger partial charge in [-0.3, -0.25) is 4.68 Å². The first-order valence-electron chi connectivity index (χ1n) is 5.90. The van der Waals surface area contributed by atoms with E-state index in [0.717, 1.165) is 23.2 Å². The van der Waals surface area contributed by atoms with Gasteiger partial charge in [-0.1, -0.05) is 40.4 Å². The van der Waals surface area contributed by atoms with Gasteiger partial charge < -0.3 is 0 Å². The molecule has 2 unspecified atom stereocenters. The van der Waals surface area contributed by atoms with Crippen LogP contribution in [0, 0.1) is 12.8 Å². The van der Waals surface area contributed by atoms with Crippen molar-refractivity contribution in [3.8, 4) is 0 Å². The minimum absolute atomic E-state index is 0.696. The van der Waals surface area contributed by atoms with E-state index in [4.69, 9.17) is 11.6 Å². The van der Waals surface area contributed by atoms with Crippen molar-refractivity contribution < 1.29 is 0 Å². The van der Waals surface area contributed by atoms with E-state index < -0.39 is 0 Å². The molecule has 90 valence electrons. The molecule has 2 nitrogen and oxygen atoms in total. The molecular formula is C12H18BrClN2. The van der Waals surface area contributed by atoms with Crippen LogP contribution in [0.5, 0.6) is 0 Å². The van der Waals surface area contributed by atoms with Gasteiger partial charge in [0, 0.05) is 17.4 Å². The quantitative estimate of drug-likeness (QED) is 0.758. The highest BCUT2D eigenvalue weighted by molar-refractivity contribution is 9.09. The van der Waals surface area contributed by atoms with Gasteiger partial charge in [0.25, 0.3) is 0 Å². The molecule has 0 saturated heterocycles. The summed E-state index contributed by atoms with van der Waals surface area (Å²) in [6, 6.07) is 0. The van der Waals surface area contributed by atoms with Crippen molar-refractivity contribution >= 4 is 27.5 Å². The van der Waals surface area contributed by atoms with Crippen molar-refractivity contribution in [3.63, 3.8) is 0 Å². The lowest BCUT2D eigenvalue weighted by atomic mass is 9.85. The largest absolute Gasteiger partial charge is 0.257 e. The lowest BCUT2D eigenvalue weighted by Crippen LogP contribution is -2.17. The first kappa shape index (κ1) is 12.4. The van der Waals surface area contributed by atoms with E-state index >= 15 is 0 Å². The molecule has 1 aromatic heterocycles. The third-order valence-corrected chi connectivity index (χ3v) is 4.79. The predicted molar refractivity (Wildman–Crippen MR) is 71.3 cm³/mol. The lowest BCUT2D eigenvalue weighted by Gasteiger charge is -2.25. The minimum atomic E-state index is 0.696. The summed E-state index contributed by atoms with van der Waals surface area (Å²) in [5.74, 6) is 0.763. The van der Waals surface area contributed by atoms with Gasteiger partial charge in [0.1, 0.15) is 5.15 Å². The zero-order chi connectivity index (χ0) is 11.7. The molecular weight excluding hydrogens is 288 g/mol. The van der Waals surface area contributed by atoms with Crippen molar-refractivity contribution in [2.75, 3.05) is 0 Å². The van der Waals surface area contributed by atoms with Gasteiger partial charge in [-0.2, -0.15) is 5.10 Å². The number of hydrogen-bond donors (Lipinski definition) is 0. The summed E-state index contributed by atoms with van der Waals surface area (Å²) in [5.41, 5.74) is 2.33. The van der Waals surface area contributed by atoms with Crippen molar-refractivity contribution in [3.05, 3.63) is 16.4 Å². The van der Waals surface area contributed by atoms with E-state index in [1.807, 2.05) is 7.05 Å². The number of aryl methyl sites for hydroxylation is 2. The van der Waals surface area contributed by atoms with Crippen LogP contribution in [-0.4, -0.2) is 14.6 Å². The van der Waals surface area contributed by atoms with E-state index in [1.165, 1.54) is 31.2 Å². The predicted octanol–water partition coefficient (Wildman–Crippen LogP) is 3.88. The van der Waals surface area contributed by atoms with Gasteiger partial charge in [-0.05, 0) is 32.1 Å². The average Bonchev–Trinajstić information content (AvgIpc) is 2.45. The second-order valence-corrected chi connectivity index (χ2v) is 6.47. The maximum Gasteiger partial charge on any atom is 0.130 e. The van der Waals surface area contributed by atoms with Crippen LogP contribution in [0.15, 0.2) is 0 Å². The first-order valence-corrected chi connectivity index (χ1v) is 7.19. The highest BCUT2D eigenvalue weighted by atomic mass is 79.9. The van der Waals surface area contributed by atoms with Crippen LogP contribution in [0.3, 0.4) is 0 Å². The van der Waals surface area contributed by atoms with E-state index in [1.54, 1.807) is 4.68 Å². The van der Waals surface area contributed by atoms with E-state index in [0.29, 0.717) is 4.83 Å². The summed E-state index contributed by atoms with van der Waals surface area (Å²) >= 11 is 9.99. The SMILES string of the molecule is Cc1nn(C)c(Cl)c1CC1CCCC(Br)C1. The number of alkyl halides is 1. The van der Waals surface area contributed by atoms with Gasteiger partial charge in [-0.25, -0.2) is 0 Å². The molecule has 0 aliphatic heterocycles. The molecule has 1 fully saturated rings. The van der Waals surface area contributed by atoms with Crippen LogP contribution in [0.25, 0.3) is 0 Å². The summed E-state index contributed by atoms with van der Waals surface area (Å²) < 4.78 is 1.78. The van der Waals surface area contributed by atoms with Crippen LogP contribution in [0.1, 0.15) is 36.9 Å². The molecule has 1 aliphatic carbocycles. The molecule has 1 saturated carbocycles. The highest BCUT2D eigenvalue weighted by Crippen LogP contribution is 2.33. The summed E-state index contributed by atoms with van der Waals surface area (Å²) in [6.45, 7) is 2.05. The van der Waals surface area contributed by atoms with Crippen molar-refractivity contribution in [2.45, 2.75) is 43.9 Å². The van der Waals surface area contributed by atoms with Crippen molar-refractivity contribution in [2.24, 2.45) is 13.0 Å². The molecule has 0 radical (unpaired) electrons. The summed E-state index contributed by atoms with van der Waals surface area (Å²) in [7, 11) is 1.91. The van der Waals surface area contributed by atoms with Crippen LogP contribution < -0.4 is 0 Å². The van der Waals surface area contributed by atoms with Crippen LogP contribution in [-0.2, 0) is 13.5 Å². The Bertz CT molecular complexity index is 375. The van der Waals surface area contributed by atoms with Crippen LogP contribution in [0.2, 0.25) is 5.15 Å². The summed E-state index contributed by atoms with van der Waals surface area (Å²) in [6.07, 6.45) is 6.33. The van der Waals surface area contributed by atoms with Gasteiger partial charge in [0.2, 0.25) is 0 Å². The third-order valence-electron chi connectivity index (χ3n) is 3.48. The Kier molecular flexibility index (Phi) is 3.96. The zero-order valence-corrected chi connectivity index (χ0v) is 12.2. The monoisotopic (exact) mass is 304 g/mol. The number of aromatic nitrogens is 2. The Balaban J connectivity index is 2.08. The molecule has 1 aliphatic rings. The number of rotatable bonds is 2. The molecule has 16 heavy (non-hydrogen) atoms. The van der Waals surface area contributed by atoms with Crippen LogP contribution >= 0.6 is 27.5 Å². The second-order valence-electron chi connectivity index (χ2n) is 4.81. The average molecular weight is 306 g/mol. The summed E-state index contributed by atoms with van der Waals surface area (Å²) in [4.78, 5) is 0.696. The van der Waals surface area contributed by atoms with Crippen LogP contribution in [0.4, 0.5) is 0 Å². The molecule has 2 atom stereocenters. The number of halogens is 2. The second kappa shape index (κ2) is 5.09. The molecule has 0 bridgehead atoms. The third kappa shape index (κ3) is 2.62. The normalized spacial score (nSPS) is 26.0. The molecule has 1 aromatic rings. The Hall–Kier alpha value is -0.0200. The molecule has 2 rings (SSSR count). The molecule has 4 heteroatoms. The van der Waals surface area contributed by atoms with E-state index in [9.17, 15) is 0 Å². The lowest BCUT2D eigenvalue weighted by molar-refractivity contribution is 0.367. The fourth-order valence-electron chi connectivity index (χ4n) is 2.61. The van der Waals surface area contributed by atoms with Gasteiger partial charge in [-0.15, -0.1) is 0 Å². The standard InChI is InChI=1S/C12H18BrClN2/c1-8-11(12(14)16(2)15-8)7-9-4-3-5-10(13)6-9/h9-10H,3-7H2,1-2H3. The maximum atomic E-state index is 6.26. The van der Waals surface area contributed by atoms with Crippen molar-refractivity contribution in [1.29, 1.82) is 0 Å². The topological polar surface area (TPSA) is 17.8 Å². The van der Waals surface area contributed by atoms with Gasteiger partial charge in [0.15, 0.2) is 0 Å². The fraction of sp³-hybridized carbons (Fsp3) is 0.750. The summed E-state index contributed by atoms with van der Waals surface area (Å²) in [5, 5.41) is 5.18. The smallest absolute Gasteiger partial charge is 0.130 e. The highest BCUT2D eigenvalue weighted by Gasteiger charge is 2.23. The Morgan fingerprint density at radius 3 is 2.81 bits per heavy atom.